The van der Waals surface area contributed by atoms with Crippen molar-refractivity contribution in [1.82, 2.24) is 5.32 Å². The van der Waals surface area contributed by atoms with Crippen LogP contribution in [0.2, 0.25) is 0 Å². The molecule has 4 N–H and O–H groups in total. The van der Waals surface area contributed by atoms with Crippen LogP contribution >= 0.6 is 12.4 Å². The first-order valence-corrected chi connectivity index (χ1v) is 6.92. The van der Waals surface area contributed by atoms with E-state index in [4.69, 9.17) is 5.73 Å². The lowest BCUT2D eigenvalue weighted by molar-refractivity contribution is 0.0937. The average molecular weight is 307 g/mol. The number of phenols is 1. The van der Waals surface area contributed by atoms with Crippen molar-refractivity contribution in [2.24, 2.45) is 5.73 Å². The van der Waals surface area contributed by atoms with Crippen molar-refractivity contribution in [3.8, 4) is 5.75 Å². The number of rotatable bonds is 2. The Labute approximate surface area is 129 Å². The summed E-state index contributed by atoms with van der Waals surface area (Å²) < 4.78 is 0. The summed E-state index contributed by atoms with van der Waals surface area (Å²) in [6, 6.07) is 11.2. The minimum absolute atomic E-state index is 0. The average Bonchev–Trinajstić information content (AvgIpc) is 2.83. The van der Waals surface area contributed by atoms with Gasteiger partial charge in [-0.2, -0.15) is 0 Å². The molecule has 112 valence electrons. The summed E-state index contributed by atoms with van der Waals surface area (Å²) in [4.78, 5) is 12.4. The van der Waals surface area contributed by atoms with Crippen LogP contribution in [0.15, 0.2) is 36.4 Å². The van der Waals surface area contributed by atoms with E-state index in [-0.39, 0.29) is 36.1 Å². The number of hydrogen-bond donors (Lipinski definition) is 3. The Bertz CT molecular complexity index is 660. The smallest absolute Gasteiger partial charge is 0.255 e. The minimum atomic E-state index is -0.224. The van der Waals surface area contributed by atoms with Crippen LogP contribution in [0.3, 0.4) is 0 Å². The third-order valence-corrected chi connectivity index (χ3v) is 3.94. The van der Waals surface area contributed by atoms with Gasteiger partial charge in [0.1, 0.15) is 5.75 Å². The van der Waals surface area contributed by atoms with Crippen LogP contribution in [-0.4, -0.2) is 23.1 Å². The molecule has 1 fully saturated rings. The first-order chi connectivity index (χ1) is 9.65. The molecule has 1 aliphatic rings. The van der Waals surface area contributed by atoms with Gasteiger partial charge >= 0.3 is 0 Å². The van der Waals surface area contributed by atoms with Gasteiger partial charge in [0.25, 0.3) is 5.91 Å². The predicted octanol–water partition coefficient (Wildman–Crippen LogP) is 2.58. The van der Waals surface area contributed by atoms with Gasteiger partial charge in [0.2, 0.25) is 0 Å². The Kier molecular flexibility index (Phi) is 4.70. The summed E-state index contributed by atoms with van der Waals surface area (Å²) >= 11 is 0. The molecule has 1 saturated carbocycles. The predicted molar refractivity (Wildman–Crippen MR) is 85.9 cm³/mol. The van der Waals surface area contributed by atoms with Crippen molar-refractivity contribution >= 4 is 29.1 Å². The normalized spacial score (nSPS) is 21.0. The van der Waals surface area contributed by atoms with Gasteiger partial charge in [-0.25, -0.2) is 0 Å². The number of phenolic OH excluding ortho intramolecular Hbond substituents is 1. The van der Waals surface area contributed by atoms with Crippen molar-refractivity contribution in [2.75, 3.05) is 0 Å². The second-order valence-corrected chi connectivity index (χ2v) is 5.42. The molecule has 1 aliphatic carbocycles. The Balaban J connectivity index is 0.00000161. The molecule has 3 rings (SSSR count). The minimum Gasteiger partial charge on any atom is -0.507 e. The van der Waals surface area contributed by atoms with E-state index in [1.165, 1.54) is 0 Å². The van der Waals surface area contributed by atoms with Crippen molar-refractivity contribution in [1.29, 1.82) is 0 Å². The van der Waals surface area contributed by atoms with Crippen molar-refractivity contribution in [3.05, 3.63) is 42.0 Å². The second kappa shape index (κ2) is 6.33. The van der Waals surface area contributed by atoms with Gasteiger partial charge in [-0.1, -0.05) is 30.3 Å². The molecular weight excluding hydrogens is 288 g/mol. The zero-order valence-electron chi connectivity index (χ0n) is 11.6. The van der Waals surface area contributed by atoms with Crippen LogP contribution in [-0.2, 0) is 0 Å². The molecule has 5 heteroatoms. The highest BCUT2D eigenvalue weighted by Crippen LogP contribution is 2.27. The summed E-state index contributed by atoms with van der Waals surface area (Å²) in [5.74, 6) is -0.207. The quantitative estimate of drug-likeness (QED) is 0.798. The van der Waals surface area contributed by atoms with Crippen LogP contribution in [0.25, 0.3) is 10.8 Å². The van der Waals surface area contributed by atoms with Gasteiger partial charge in [-0.05, 0) is 36.1 Å². The van der Waals surface area contributed by atoms with Crippen LogP contribution < -0.4 is 11.1 Å². The molecule has 21 heavy (non-hydrogen) atoms. The van der Waals surface area contributed by atoms with Crippen molar-refractivity contribution in [3.63, 3.8) is 0 Å². The Morgan fingerprint density at radius 1 is 1.19 bits per heavy atom. The lowest BCUT2D eigenvalue weighted by atomic mass is 10.0. The number of amides is 1. The topological polar surface area (TPSA) is 75.3 Å². The van der Waals surface area contributed by atoms with E-state index < -0.39 is 0 Å². The highest BCUT2D eigenvalue weighted by Gasteiger charge is 2.25. The zero-order chi connectivity index (χ0) is 14.1. The third-order valence-electron chi connectivity index (χ3n) is 3.94. The van der Waals surface area contributed by atoms with Crippen molar-refractivity contribution < 1.29 is 9.90 Å². The van der Waals surface area contributed by atoms with E-state index in [0.29, 0.717) is 5.56 Å². The summed E-state index contributed by atoms with van der Waals surface area (Å²) in [5.41, 5.74) is 6.21. The van der Waals surface area contributed by atoms with Gasteiger partial charge in [-0.15, -0.1) is 12.4 Å². The lowest BCUT2D eigenvalue weighted by Gasteiger charge is -2.14. The molecule has 0 radical (unpaired) electrons. The molecule has 0 aliphatic heterocycles. The molecule has 0 saturated heterocycles. The number of nitrogens with one attached hydrogen (secondary N) is 1. The maximum Gasteiger partial charge on any atom is 0.255 e. The largest absolute Gasteiger partial charge is 0.507 e. The molecule has 0 heterocycles. The highest BCUT2D eigenvalue weighted by molar-refractivity contribution is 6.09. The number of nitrogens with two attached hydrogens (primary N) is 1. The molecule has 0 bridgehead atoms. The number of fused-ring (bicyclic) bond motifs is 1. The molecule has 2 atom stereocenters. The SMILES string of the molecule is Cl.N[C@@H]1CC[C@@H](NC(=O)c2c(O)ccc3ccccc23)C1. The van der Waals surface area contributed by atoms with Crippen LogP contribution in [0.4, 0.5) is 0 Å². The van der Waals surface area contributed by atoms with Gasteiger partial charge in [0.15, 0.2) is 0 Å². The van der Waals surface area contributed by atoms with Gasteiger partial charge in [-0.3, -0.25) is 4.79 Å². The highest BCUT2D eigenvalue weighted by atomic mass is 35.5. The molecule has 0 spiro atoms. The molecule has 2 aromatic carbocycles. The Morgan fingerprint density at radius 2 is 1.95 bits per heavy atom. The van der Waals surface area contributed by atoms with E-state index in [2.05, 4.69) is 5.32 Å². The van der Waals surface area contributed by atoms with Gasteiger partial charge in [0, 0.05) is 12.1 Å². The molecular formula is C16H19ClN2O2. The van der Waals surface area contributed by atoms with Crippen LogP contribution in [0.5, 0.6) is 5.75 Å². The summed E-state index contributed by atoms with van der Waals surface area (Å²) in [6.45, 7) is 0. The zero-order valence-corrected chi connectivity index (χ0v) is 12.4. The van der Waals surface area contributed by atoms with E-state index in [1.807, 2.05) is 30.3 Å². The first kappa shape index (κ1) is 15.6. The molecule has 4 nitrogen and oxygen atoms in total. The van der Waals surface area contributed by atoms with E-state index >= 15 is 0 Å². The van der Waals surface area contributed by atoms with Gasteiger partial charge < -0.3 is 16.2 Å². The van der Waals surface area contributed by atoms with Crippen molar-refractivity contribution in [2.45, 2.75) is 31.3 Å². The number of carbonyl (C=O) groups excluding carboxylic acids is 1. The summed E-state index contributed by atoms with van der Waals surface area (Å²) in [7, 11) is 0. The molecule has 0 aromatic heterocycles. The number of benzene rings is 2. The second-order valence-electron chi connectivity index (χ2n) is 5.42. The molecule has 0 unspecified atom stereocenters. The maximum absolute atomic E-state index is 12.4. The Morgan fingerprint density at radius 3 is 2.67 bits per heavy atom. The summed E-state index contributed by atoms with van der Waals surface area (Å²) in [6.07, 6.45) is 2.64. The Hall–Kier alpha value is -1.78. The standard InChI is InChI=1S/C16H18N2O2.ClH/c17-11-6-7-12(9-11)18-16(20)15-13-4-2-1-3-10(13)5-8-14(15)19;/h1-5,8,11-12,19H,6-7,9,17H2,(H,18,20);1H/t11-,12-;/m1./s1. The van der Waals surface area contributed by atoms with Gasteiger partial charge in [0.05, 0.1) is 5.56 Å². The fraction of sp³-hybridized carbons (Fsp3) is 0.312. The maximum atomic E-state index is 12.4. The third kappa shape index (κ3) is 3.12. The fourth-order valence-corrected chi connectivity index (χ4v) is 2.90. The van der Waals surface area contributed by atoms with E-state index in [9.17, 15) is 9.90 Å². The lowest BCUT2D eigenvalue weighted by Crippen LogP contribution is -2.34. The monoisotopic (exact) mass is 306 g/mol. The number of aromatic hydroxyl groups is 1. The van der Waals surface area contributed by atoms with E-state index in [1.54, 1.807) is 6.07 Å². The number of hydrogen-bond acceptors (Lipinski definition) is 3. The van der Waals surface area contributed by atoms with E-state index in [0.717, 1.165) is 30.0 Å². The number of halogens is 1. The first-order valence-electron chi connectivity index (χ1n) is 6.92. The fourth-order valence-electron chi connectivity index (χ4n) is 2.90. The molecule has 1 amide bonds. The molecule has 2 aromatic rings. The van der Waals surface area contributed by atoms with Crippen LogP contribution in [0, 0.1) is 0 Å². The number of carbonyl (C=O) groups is 1. The van der Waals surface area contributed by atoms with Crippen LogP contribution in [0.1, 0.15) is 29.6 Å². The summed E-state index contributed by atoms with van der Waals surface area (Å²) in [5, 5.41) is 14.7.